The first-order valence-corrected chi connectivity index (χ1v) is 10.8. The first kappa shape index (κ1) is 20.9. The molecule has 162 valence electrons. The Bertz CT molecular complexity index is 975. The summed E-state index contributed by atoms with van der Waals surface area (Å²) in [5.41, 5.74) is 8.66. The molecule has 1 aliphatic rings. The zero-order chi connectivity index (χ0) is 21.5. The Balaban J connectivity index is 1.26. The summed E-state index contributed by atoms with van der Waals surface area (Å²) >= 11 is 0. The van der Waals surface area contributed by atoms with Crippen molar-refractivity contribution in [3.63, 3.8) is 0 Å². The van der Waals surface area contributed by atoms with Crippen LogP contribution >= 0.6 is 0 Å². The van der Waals surface area contributed by atoms with Crippen molar-refractivity contribution in [2.75, 3.05) is 31.1 Å². The predicted octanol–water partition coefficient (Wildman–Crippen LogP) is 3.29. The van der Waals surface area contributed by atoms with Gasteiger partial charge in [0.1, 0.15) is 18.2 Å². The number of piperazine rings is 1. The number of nitrogens with two attached hydrogens (primary N) is 1. The number of benzene rings is 2. The number of aliphatic imine (C=N–C) groups is 1. The SMILES string of the molecule is NC(=NCc1nccn1CCCc1ccccc1)N1CCN(c2ccc(F)cc2)CC1. The number of guanidine groups is 1. The van der Waals surface area contributed by atoms with Gasteiger partial charge >= 0.3 is 0 Å². The number of nitrogens with zero attached hydrogens (tertiary/aromatic N) is 5. The van der Waals surface area contributed by atoms with E-state index in [0.29, 0.717) is 12.5 Å². The average Bonchev–Trinajstić information content (AvgIpc) is 3.26. The van der Waals surface area contributed by atoms with Gasteiger partial charge in [-0.25, -0.2) is 14.4 Å². The van der Waals surface area contributed by atoms with Crippen LogP contribution in [0.1, 0.15) is 17.8 Å². The lowest BCUT2D eigenvalue weighted by Gasteiger charge is -2.36. The van der Waals surface area contributed by atoms with Gasteiger partial charge in [-0.2, -0.15) is 0 Å². The molecule has 0 saturated carbocycles. The van der Waals surface area contributed by atoms with E-state index < -0.39 is 0 Å². The van der Waals surface area contributed by atoms with Gasteiger partial charge in [-0.15, -0.1) is 0 Å². The highest BCUT2D eigenvalue weighted by molar-refractivity contribution is 5.78. The lowest BCUT2D eigenvalue weighted by molar-refractivity contribution is 0.380. The molecular formula is C24H29FN6. The first-order chi connectivity index (χ1) is 15.2. The maximum Gasteiger partial charge on any atom is 0.191 e. The highest BCUT2D eigenvalue weighted by atomic mass is 19.1. The molecule has 0 atom stereocenters. The lowest BCUT2D eigenvalue weighted by Crippen LogP contribution is -2.51. The second-order valence-corrected chi connectivity index (χ2v) is 7.75. The summed E-state index contributed by atoms with van der Waals surface area (Å²) in [5, 5.41) is 0. The molecule has 0 bridgehead atoms. The molecule has 3 aromatic rings. The predicted molar refractivity (Wildman–Crippen MR) is 123 cm³/mol. The van der Waals surface area contributed by atoms with E-state index in [0.717, 1.165) is 57.1 Å². The van der Waals surface area contributed by atoms with Gasteiger partial charge in [0.05, 0.1) is 0 Å². The van der Waals surface area contributed by atoms with Crippen LogP contribution in [0.3, 0.4) is 0 Å². The highest BCUT2D eigenvalue weighted by Crippen LogP contribution is 2.17. The molecule has 7 heteroatoms. The summed E-state index contributed by atoms with van der Waals surface area (Å²) in [6.07, 6.45) is 5.93. The smallest absolute Gasteiger partial charge is 0.191 e. The Morgan fingerprint density at radius 2 is 1.74 bits per heavy atom. The van der Waals surface area contributed by atoms with Crippen LogP contribution in [0.15, 0.2) is 72.0 Å². The van der Waals surface area contributed by atoms with Crippen LogP contribution in [0.25, 0.3) is 0 Å². The maximum atomic E-state index is 13.1. The second kappa shape index (κ2) is 10.1. The van der Waals surface area contributed by atoms with Crippen LogP contribution in [0.2, 0.25) is 0 Å². The minimum Gasteiger partial charge on any atom is -0.370 e. The largest absolute Gasteiger partial charge is 0.370 e. The molecule has 0 spiro atoms. The highest BCUT2D eigenvalue weighted by Gasteiger charge is 2.18. The lowest BCUT2D eigenvalue weighted by atomic mass is 10.1. The molecule has 1 aromatic heterocycles. The van der Waals surface area contributed by atoms with Crippen molar-refractivity contribution < 1.29 is 4.39 Å². The molecule has 0 radical (unpaired) electrons. The molecule has 0 amide bonds. The number of hydrogen-bond acceptors (Lipinski definition) is 3. The van der Waals surface area contributed by atoms with Crippen molar-refractivity contribution in [1.29, 1.82) is 0 Å². The van der Waals surface area contributed by atoms with E-state index in [-0.39, 0.29) is 5.82 Å². The van der Waals surface area contributed by atoms with Crippen LogP contribution in [0, 0.1) is 5.82 Å². The standard InChI is InChI=1S/C24H29FN6/c25-21-8-10-22(11-9-21)29-15-17-31(18-16-29)24(26)28-19-23-27-12-14-30(23)13-4-7-20-5-2-1-3-6-20/h1-3,5-6,8-12,14H,4,7,13,15-19H2,(H2,26,28). The van der Waals surface area contributed by atoms with Crippen LogP contribution in [-0.2, 0) is 19.5 Å². The fraction of sp³-hybridized carbons (Fsp3) is 0.333. The number of aromatic nitrogens is 2. The molecule has 4 rings (SSSR count). The van der Waals surface area contributed by atoms with Gasteiger partial charge < -0.3 is 20.1 Å². The normalized spacial score (nSPS) is 14.8. The van der Waals surface area contributed by atoms with Crippen molar-refractivity contribution in [2.24, 2.45) is 10.7 Å². The summed E-state index contributed by atoms with van der Waals surface area (Å²) in [6.45, 7) is 4.63. The van der Waals surface area contributed by atoms with E-state index >= 15 is 0 Å². The summed E-state index contributed by atoms with van der Waals surface area (Å²) in [4.78, 5) is 13.4. The van der Waals surface area contributed by atoms with Gasteiger partial charge in [0.15, 0.2) is 5.96 Å². The van der Waals surface area contributed by atoms with Crippen molar-refractivity contribution in [2.45, 2.75) is 25.9 Å². The molecule has 0 unspecified atom stereocenters. The third kappa shape index (κ3) is 5.63. The Morgan fingerprint density at radius 3 is 2.48 bits per heavy atom. The summed E-state index contributed by atoms with van der Waals surface area (Å²) in [5.74, 6) is 1.27. The minimum absolute atomic E-state index is 0.211. The summed E-state index contributed by atoms with van der Waals surface area (Å²) in [6, 6.07) is 17.2. The fourth-order valence-corrected chi connectivity index (χ4v) is 3.89. The van der Waals surface area contributed by atoms with E-state index in [2.05, 4.69) is 48.6 Å². The van der Waals surface area contributed by atoms with Crippen LogP contribution < -0.4 is 10.6 Å². The zero-order valence-corrected chi connectivity index (χ0v) is 17.7. The molecule has 31 heavy (non-hydrogen) atoms. The zero-order valence-electron chi connectivity index (χ0n) is 17.7. The number of halogens is 1. The molecule has 6 nitrogen and oxygen atoms in total. The van der Waals surface area contributed by atoms with E-state index in [1.54, 1.807) is 0 Å². The Morgan fingerprint density at radius 1 is 1.00 bits per heavy atom. The third-order valence-electron chi connectivity index (χ3n) is 5.69. The van der Waals surface area contributed by atoms with Crippen LogP contribution in [-0.4, -0.2) is 46.6 Å². The molecule has 0 aliphatic carbocycles. The number of imidazole rings is 1. The maximum absolute atomic E-state index is 13.1. The van der Waals surface area contributed by atoms with Crippen molar-refractivity contribution in [1.82, 2.24) is 14.5 Å². The van der Waals surface area contributed by atoms with Gasteiger partial charge in [-0.05, 0) is 42.7 Å². The number of rotatable bonds is 7. The van der Waals surface area contributed by atoms with Crippen molar-refractivity contribution in [3.05, 3.63) is 84.2 Å². The van der Waals surface area contributed by atoms with Gasteiger partial charge in [-0.1, -0.05) is 30.3 Å². The van der Waals surface area contributed by atoms with Gasteiger partial charge in [0.2, 0.25) is 0 Å². The number of hydrogen-bond donors (Lipinski definition) is 1. The molecule has 2 N–H and O–H groups in total. The molecular weight excluding hydrogens is 391 g/mol. The van der Waals surface area contributed by atoms with Crippen molar-refractivity contribution >= 4 is 11.6 Å². The second-order valence-electron chi connectivity index (χ2n) is 7.75. The Labute approximate surface area is 182 Å². The van der Waals surface area contributed by atoms with Crippen molar-refractivity contribution in [3.8, 4) is 0 Å². The van der Waals surface area contributed by atoms with Gasteiger partial charge in [0, 0.05) is 50.8 Å². The molecule has 2 aromatic carbocycles. The van der Waals surface area contributed by atoms with Crippen LogP contribution in [0.4, 0.5) is 10.1 Å². The number of anilines is 1. The average molecular weight is 421 g/mol. The van der Waals surface area contributed by atoms with Crippen LogP contribution in [0.5, 0.6) is 0 Å². The van der Waals surface area contributed by atoms with E-state index in [1.807, 2.05) is 30.6 Å². The molecule has 1 aliphatic heterocycles. The summed E-state index contributed by atoms with van der Waals surface area (Å²) in [7, 11) is 0. The third-order valence-corrected chi connectivity index (χ3v) is 5.69. The fourth-order valence-electron chi connectivity index (χ4n) is 3.89. The summed E-state index contributed by atoms with van der Waals surface area (Å²) < 4.78 is 15.3. The topological polar surface area (TPSA) is 62.7 Å². The van der Waals surface area contributed by atoms with E-state index in [1.165, 1.54) is 17.7 Å². The first-order valence-electron chi connectivity index (χ1n) is 10.8. The Hall–Kier alpha value is -3.35. The molecule has 2 heterocycles. The molecule has 1 fully saturated rings. The Kier molecular flexibility index (Phi) is 6.82. The van der Waals surface area contributed by atoms with Gasteiger partial charge in [0.25, 0.3) is 0 Å². The van der Waals surface area contributed by atoms with E-state index in [9.17, 15) is 4.39 Å². The monoisotopic (exact) mass is 420 g/mol. The number of aryl methyl sites for hydroxylation is 2. The van der Waals surface area contributed by atoms with Gasteiger partial charge in [-0.3, -0.25) is 0 Å². The quantitative estimate of drug-likeness (QED) is 0.471. The molecule has 1 saturated heterocycles. The van der Waals surface area contributed by atoms with E-state index in [4.69, 9.17) is 5.73 Å². The minimum atomic E-state index is -0.211.